The van der Waals surface area contributed by atoms with Crippen LogP contribution >= 0.6 is 0 Å². The minimum absolute atomic E-state index is 0.377. The van der Waals surface area contributed by atoms with Gasteiger partial charge in [0.25, 0.3) is 0 Å². The van der Waals surface area contributed by atoms with Gasteiger partial charge in [-0.1, -0.05) is 0 Å². The van der Waals surface area contributed by atoms with Gasteiger partial charge in [0.15, 0.2) is 0 Å². The number of anilines is 1. The average Bonchev–Trinajstić information content (AvgIpc) is 2.64. The third-order valence-electron chi connectivity index (χ3n) is 3.73. The zero-order chi connectivity index (χ0) is 12.4. The molecule has 0 fully saturated rings. The number of likely N-dealkylation sites (N-methyl/N-ethyl adjacent to an activating group) is 1. The van der Waals surface area contributed by atoms with Crippen LogP contribution in [0.25, 0.3) is 0 Å². The Kier molecular flexibility index (Phi) is 3.57. The number of benzene rings is 1. The van der Waals surface area contributed by atoms with Crippen molar-refractivity contribution in [3.8, 4) is 5.75 Å². The van der Waals surface area contributed by atoms with E-state index in [1.165, 1.54) is 11.3 Å². The summed E-state index contributed by atoms with van der Waals surface area (Å²) in [6.07, 6.45) is 2.18. The van der Waals surface area contributed by atoms with Crippen LogP contribution in [0.3, 0.4) is 0 Å². The van der Waals surface area contributed by atoms with Gasteiger partial charge in [0, 0.05) is 24.3 Å². The van der Waals surface area contributed by atoms with Crippen molar-refractivity contribution in [2.45, 2.75) is 38.8 Å². The molecule has 2 N–H and O–H groups in total. The molecule has 1 aliphatic heterocycles. The van der Waals surface area contributed by atoms with E-state index < -0.39 is 0 Å². The van der Waals surface area contributed by atoms with Gasteiger partial charge in [-0.15, -0.1) is 0 Å². The van der Waals surface area contributed by atoms with E-state index >= 15 is 0 Å². The van der Waals surface area contributed by atoms with Crippen molar-refractivity contribution in [1.82, 2.24) is 5.32 Å². The van der Waals surface area contributed by atoms with Crippen LogP contribution in [0.5, 0.6) is 5.75 Å². The van der Waals surface area contributed by atoms with Gasteiger partial charge in [0.1, 0.15) is 5.75 Å². The highest BCUT2D eigenvalue weighted by atomic mass is 16.3. The van der Waals surface area contributed by atoms with Gasteiger partial charge in [0.05, 0.1) is 0 Å². The third kappa shape index (κ3) is 2.39. The van der Waals surface area contributed by atoms with E-state index in [9.17, 15) is 5.11 Å². The maximum atomic E-state index is 9.54. The first-order chi connectivity index (χ1) is 8.15. The van der Waals surface area contributed by atoms with Gasteiger partial charge >= 0.3 is 0 Å². The van der Waals surface area contributed by atoms with Crippen LogP contribution in [-0.4, -0.2) is 30.8 Å². The minimum Gasteiger partial charge on any atom is -0.508 e. The van der Waals surface area contributed by atoms with Crippen LogP contribution in [0.15, 0.2) is 18.2 Å². The molecular weight excluding hydrogens is 212 g/mol. The predicted octanol–water partition coefficient (Wildman–Crippen LogP) is 2.14. The van der Waals surface area contributed by atoms with Crippen LogP contribution in [-0.2, 0) is 6.42 Å². The lowest BCUT2D eigenvalue weighted by Gasteiger charge is -2.28. The summed E-state index contributed by atoms with van der Waals surface area (Å²) in [7, 11) is 2.01. The first-order valence-corrected chi connectivity index (χ1v) is 6.41. The predicted molar refractivity (Wildman–Crippen MR) is 71.8 cm³/mol. The Hall–Kier alpha value is -1.22. The van der Waals surface area contributed by atoms with Gasteiger partial charge < -0.3 is 15.3 Å². The second-order valence-electron chi connectivity index (χ2n) is 4.88. The summed E-state index contributed by atoms with van der Waals surface area (Å²) in [5.41, 5.74) is 2.57. The van der Waals surface area contributed by atoms with E-state index in [0.717, 1.165) is 19.4 Å². The van der Waals surface area contributed by atoms with Gasteiger partial charge in [-0.25, -0.2) is 0 Å². The van der Waals surface area contributed by atoms with E-state index in [0.29, 0.717) is 17.8 Å². The second-order valence-corrected chi connectivity index (χ2v) is 4.88. The summed E-state index contributed by atoms with van der Waals surface area (Å²) in [5.74, 6) is 0.377. The van der Waals surface area contributed by atoms with Crippen LogP contribution in [0, 0.1) is 0 Å². The molecule has 1 heterocycles. The maximum Gasteiger partial charge on any atom is 0.116 e. The molecule has 1 aromatic carbocycles. The number of phenolic OH excluding ortho intramolecular Hbond substituents is 1. The summed E-state index contributed by atoms with van der Waals surface area (Å²) in [6, 6.07) is 6.81. The Morgan fingerprint density at radius 2 is 2.29 bits per heavy atom. The molecule has 0 saturated carbocycles. The number of hydrogen-bond donors (Lipinski definition) is 2. The number of fused-ring (bicyclic) bond motifs is 1. The average molecular weight is 234 g/mol. The number of aromatic hydroxyl groups is 1. The van der Waals surface area contributed by atoms with Crippen molar-refractivity contribution in [3.05, 3.63) is 23.8 Å². The molecule has 0 aromatic heterocycles. The Balaban J connectivity index is 2.19. The molecule has 0 radical (unpaired) electrons. The zero-order valence-corrected chi connectivity index (χ0v) is 10.9. The topological polar surface area (TPSA) is 35.5 Å². The van der Waals surface area contributed by atoms with Gasteiger partial charge in [0.2, 0.25) is 0 Å². The Labute approximate surface area is 103 Å². The molecule has 0 aliphatic carbocycles. The highest BCUT2D eigenvalue weighted by molar-refractivity contribution is 5.61. The number of nitrogens with one attached hydrogen (secondary N) is 1. The normalized spacial score (nSPS) is 20.4. The van der Waals surface area contributed by atoms with Gasteiger partial charge in [-0.2, -0.15) is 0 Å². The maximum absolute atomic E-state index is 9.54. The molecule has 1 aromatic rings. The van der Waals surface area contributed by atoms with Crippen molar-refractivity contribution in [3.63, 3.8) is 0 Å². The summed E-state index contributed by atoms with van der Waals surface area (Å²) in [5, 5.41) is 12.8. The molecule has 0 spiro atoms. The lowest BCUT2D eigenvalue weighted by Crippen LogP contribution is -2.37. The third-order valence-corrected chi connectivity index (χ3v) is 3.73. The molecule has 3 heteroatoms. The van der Waals surface area contributed by atoms with Crippen molar-refractivity contribution in [1.29, 1.82) is 0 Å². The molecule has 1 aliphatic rings. The second kappa shape index (κ2) is 4.96. The Bertz CT molecular complexity index is 392. The largest absolute Gasteiger partial charge is 0.508 e. The van der Waals surface area contributed by atoms with E-state index in [-0.39, 0.29) is 0 Å². The molecule has 3 nitrogen and oxygen atoms in total. The summed E-state index contributed by atoms with van der Waals surface area (Å²) < 4.78 is 0. The Morgan fingerprint density at radius 3 is 2.94 bits per heavy atom. The van der Waals surface area contributed by atoms with Crippen molar-refractivity contribution in [2.24, 2.45) is 0 Å². The highest BCUT2D eigenvalue weighted by Crippen LogP contribution is 2.35. The van der Waals surface area contributed by atoms with Gasteiger partial charge in [-0.05, 0) is 57.5 Å². The monoisotopic (exact) mass is 234 g/mol. The minimum atomic E-state index is 0.377. The first-order valence-electron chi connectivity index (χ1n) is 6.41. The standard InChI is InChI=1S/C14H22N2O/c1-4-16-12(7-10(2)15-3)8-11-9-13(17)5-6-14(11)16/h5-6,9-10,12,15,17H,4,7-8H2,1-3H3. The smallest absolute Gasteiger partial charge is 0.116 e. The molecule has 2 rings (SSSR count). The quantitative estimate of drug-likeness (QED) is 0.838. The molecule has 94 valence electrons. The molecule has 2 atom stereocenters. The van der Waals surface area contributed by atoms with Crippen LogP contribution in [0.1, 0.15) is 25.8 Å². The summed E-state index contributed by atoms with van der Waals surface area (Å²) >= 11 is 0. The molecule has 0 saturated heterocycles. The fourth-order valence-electron chi connectivity index (χ4n) is 2.74. The van der Waals surface area contributed by atoms with Crippen LogP contribution in [0.2, 0.25) is 0 Å². The number of phenols is 1. The lowest BCUT2D eigenvalue weighted by atomic mass is 10.0. The fraction of sp³-hybridized carbons (Fsp3) is 0.571. The van der Waals surface area contributed by atoms with Crippen LogP contribution < -0.4 is 10.2 Å². The molecule has 17 heavy (non-hydrogen) atoms. The molecule has 0 amide bonds. The lowest BCUT2D eigenvalue weighted by molar-refractivity contribution is 0.473. The number of hydrogen-bond acceptors (Lipinski definition) is 3. The first kappa shape index (κ1) is 12.2. The number of rotatable bonds is 4. The van der Waals surface area contributed by atoms with E-state index in [1.807, 2.05) is 19.2 Å². The van der Waals surface area contributed by atoms with E-state index in [4.69, 9.17) is 0 Å². The van der Waals surface area contributed by atoms with Crippen molar-refractivity contribution < 1.29 is 5.11 Å². The van der Waals surface area contributed by atoms with E-state index in [1.54, 1.807) is 6.07 Å². The zero-order valence-electron chi connectivity index (χ0n) is 10.9. The fourth-order valence-corrected chi connectivity index (χ4v) is 2.74. The Morgan fingerprint density at radius 1 is 1.53 bits per heavy atom. The van der Waals surface area contributed by atoms with Gasteiger partial charge in [-0.3, -0.25) is 0 Å². The summed E-state index contributed by atoms with van der Waals surface area (Å²) in [6.45, 7) is 5.44. The molecular formula is C14H22N2O. The van der Waals surface area contributed by atoms with Crippen molar-refractivity contribution >= 4 is 5.69 Å². The summed E-state index contributed by atoms with van der Waals surface area (Å²) in [4.78, 5) is 2.45. The van der Waals surface area contributed by atoms with Crippen molar-refractivity contribution in [2.75, 3.05) is 18.5 Å². The van der Waals surface area contributed by atoms with Crippen LogP contribution in [0.4, 0.5) is 5.69 Å². The molecule has 0 bridgehead atoms. The number of nitrogens with zero attached hydrogens (tertiary/aromatic N) is 1. The SMILES string of the molecule is CCN1c2ccc(O)cc2CC1CC(C)NC. The highest BCUT2D eigenvalue weighted by Gasteiger charge is 2.28. The molecule has 2 unspecified atom stereocenters. The van der Waals surface area contributed by atoms with E-state index in [2.05, 4.69) is 24.1 Å².